The zero-order chi connectivity index (χ0) is 15.4. The molecule has 5 heteroatoms. The quantitative estimate of drug-likeness (QED) is 0.855. The van der Waals surface area contributed by atoms with Crippen LogP contribution in [0, 0.1) is 0 Å². The van der Waals surface area contributed by atoms with E-state index in [1.807, 2.05) is 38.2 Å². The number of aliphatic hydroxyl groups excluding tert-OH is 1. The van der Waals surface area contributed by atoms with Crippen LogP contribution < -0.4 is 9.80 Å². The maximum atomic E-state index is 11.6. The Morgan fingerprint density at radius 1 is 1.19 bits per heavy atom. The van der Waals surface area contributed by atoms with Crippen LogP contribution >= 0.6 is 0 Å². The number of anilines is 2. The molecule has 1 fully saturated rings. The molecule has 0 aliphatic carbocycles. The molecule has 0 aromatic heterocycles. The zero-order valence-electron chi connectivity index (χ0n) is 13.1. The lowest BCUT2D eigenvalue weighted by molar-refractivity contribution is -0.128. The molecule has 0 bridgehead atoms. The molecule has 0 saturated carbocycles. The topological polar surface area (TPSA) is 47.0 Å². The lowest BCUT2D eigenvalue weighted by atomic mass is 10.2. The number of β-amino-alcohol motifs (C(OH)–C–C–N with tert-alkyl or cyclic N) is 1. The fourth-order valence-electron chi connectivity index (χ4n) is 2.64. The molecule has 1 unspecified atom stereocenters. The largest absolute Gasteiger partial charge is 0.389 e. The fourth-order valence-corrected chi connectivity index (χ4v) is 2.64. The molecule has 0 radical (unpaired) electrons. The molecule has 0 spiro atoms. The van der Waals surface area contributed by atoms with Crippen molar-refractivity contribution in [1.82, 2.24) is 4.90 Å². The Labute approximate surface area is 126 Å². The summed E-state index contributed by atoms with van der Waals surface area (Å²) < 4.78 is 0. The highest BCUT2D eigenvalue weighted by atomic mass is 16.3. The van der Waals surface area contributed by atoms with Gasteiger partial charge >= 0.3 is 0 Å². The van der Waals surface area contributed by atoms with Crippen LogP contribution in [0.4, 0.5) is 11.4 Å². The van der Waals surface area contributed by atoms with E-state index in [1.54, 1.807) is 4.90 Å². The van der Waals surface area contributed by atoms with Gasteiger partial charge in [-0.15, -0.1) is 0 Å². The van der Waals surface area contributed by atoms with Crippen molar-refractivity contribution in [3.05, 3.63) is 24.3 Å². The standard InChI is InChI=1S/C16H25N3O2/c1-17(2)13-6-8-14(9-7-13)18(3)11-15(20)12-19-10-4-5-16(19)21/h6-9,15,20H,4-5,10-12H2,1-3H3. The van der Waals surface area contributed by atoms with Gasteiger partial charge in [0.2, 0.25) is 5.91 Å². The number of likely N-dealkylation sites (N-methyl/N-ethyl adjacent to an activating group) is 1. The van der Waals surface area contributed by atoms with Crippen LogP contribution in [0.25, 0.3) is 0 Å². The molecule has 5 nitrogen and oxygen atoms in total. The number of hydrogen-bond acceptors (Lipinski definition) is 4. The van der Waals surface area contributed by atoms with Crippen LogP contribution in [0.1, 0.15) is 12.8 Å². The molecule has 1 saturated heterocycles. The summed E-state index contributed by atoms with van der Waals surface area (Å²) in [5, 5.41) is 10.2. The van der Waals surface area contributed by atoms with Crippen LogP contribution in [-0.4, -0.2) is 62.8 Å². The van der Waals surface area contributed by atoms with Gasteiger partial charge in [0.15, 0.2) is 0 Å². The molecule has 1 aromatic carbocycles. The van der Waals surface area contributed by atoms with Gasteiger partial charge in [-0.1, -0.05) is 0 Å². The Hall–Kier alpha value is -1.75. The van der Waals surface area contributed by atoms with Gasteiger partial charge < -0.3 is 19.8 Å². The van der Waals surface area contributed by atoms with Gasteiger partial charge in [-0.05, 0) is 30.7 Å². The summed E-state index contributed by atoms with van der Waals surface area (Å²) in [7, 11) is 5.98. The van der Waals surface area contributed by atoms with Crippen molar-refractivity contribution in [2.45, 2.75) is 18.9 Å². The zero-order valence-corrected chi connectivity index (χ0v) is 13.1. The van der Waals surface area contributed by atoms with E-state index in [9.17, 15) is 9.90 Å². The molecular weight excluding hydrogens is 266 g/mol. The molecule has 1 N–H and O–H groups in total. The number of amides is 1. The highest BCUT2D eigenvalue weighted by molar-refractivity contribution is 5.78. The first-order chi connectivity index (χ1) is 9.97. The smallest absolute Gasteiger partial charge is 0.222 e. The highest BCUT2D eigenvalue weighted by Crippen LogP contribution is 2.19. The Morgan fingerprint density at radius 3 is 2.33 bits per heavy atom. The SMILES string of the molecule is CN(C)c1ccc(N(C)CC(O)CN2CCCC2=O)cc1. The molecule has 1 aliphatic rings. The summed E-state index contributed by atoms with van der Waals surface area (Å²) in [4.78, 5) is 17.4. The predicted octanol–water partition coefficient (Wildman–Crippen LogP) is 1.17. The average molecular weight is 291 g/mol. The Kier molecular flexibility index (Phi) is 5.07. The number of benzene rings is 1. The summed E-state index contributed by atoms with van der Waals surface area (Å²) in [6.07, 6.45) is 1.01. The molecule has 1 heterocycles. The van der Waals surface area contributed by atoms with Gasteiger partial charge in [0, 0.05) is 58.6 Å². The molecule has 1 aromatic rings. The first-order valence-electron chi connectivity index (χ1n) is 7.41. The Morgan fingerprint density at radius 2 is 1.81 bits per heavy atom. The molecule has 21 heavy (non-hydrogen) atoms. The van der Waals surface area contributed by atoms with E-state index in [1.165, 1.54) is 0 Å². The van der Waals surface area contributed by atoms with E-state index in [0.717, 1.165) is 24.3 Å². The summed E-state index contributed by atoms with van der Waals surface area (Å²) in [6, 6.07) is 8.20. The van der Waals surface area contributed by atoms with Crippen molar-refractivity contribution in [3.63, 3.8) is 0 Å². The molecule has 2 rings (SSSR count). The van der Waals surface area contributed by atoms with Crippen molar-refractivity contribution in [1.29, 1.82) is 0 Å². The molecule has 1 aliphatic heterocycles. The van der Waals surface area contributed by atoms with Crippen LogP contribution in [-0.2, 0) is 4.79 Å². The van der Waals surface area contributed by atoms with E-state index in [0.29, 0.717) is 19.5 Å². The van der Waals surface area contributed by atoms with Crippen LogP contribution in [0.15, 0.2) is 24.3 Å². The molecule has 1 atom stereocenters. The van der Waals surface area contributed by atoms with Crippen molar-refractivity contribution in [3.8, 4) is 0 Å². The minimum Gasteiger partial charge on any atom is -0.389 e. The number of likely N-dealkylation sites (tertiary alicyclic amines) is 1. The third-order valence-electron chi connectivity index (χ3n) is 3.89. The molecule has 116 valence electrons. The van der Waals surface area contributed by atoms with Crippen molar-refractivity contribution >= 4 is 17.3 Å². The monoisotopic (exact) mass is 291 g/mol. The van der Waals surface area contributed by atoms with Crippen molar-refractivity contribution in [2.24, 2.45) is 0 Å². The second kappa shape index (κ2) is 6.80. The maximum absolute atomic E-state index is 11.6. The normalized spacial score (nSPS) is 16.2. The van der Waals surface area contributed by atoms with Crippen molar-refractivity contribution in [2.75, 3.05) is 50.6 Å². The van der Waals surface area contributed by atoms with Gasteiger partial charge in [-0.3, -0.25) is 4.79 Å². The van der Waals surface area contributed by atoms with Crippen molar-refractivity contribution < 1.29 is 9.90 Å². The van der Waals surface area contributed by atoms with E-state index < -0.39 is 6.10 Å². The fraction of sp³-hybridized carbons (Fsp3) is 0.562. The van der Waals surface area contributed by atoms with Gasteiger partial charge in [-0.25, -0.2) is 0 Å². The average Bonchev–Trinajstić information content (AvgIpc) is 2.84. The number of hydrogen-bond donors (Lipinski definition) is 1. The summed E-state index contributed by atoms with van der Waals surface area (Å²) in [5.74, 6) is 0.159. The van der Waals surface area contributed by atoms with Gasteiger partial charge in [0.1, 0.15) is 0 Å². The number of nitrogens with zero attached hydrogens (tertiary/aromatic N) is 3. The van der Waals surface area contributed by atoms with Gasteiger partial charge in [0.25, 0.3) is 0 Å². The number of aliphatic hydroxyl groups is 1. The van der Waals surface area contributed by atoms with E-state index in [2.05, 4.69) is 17.0 Å². The van der Waals surface area contributed by atoms with E-state index in [4.69, 9.17) is 0 Å². The first kappa shape index (κ1) is 15.6. The Bertz CT molecular complexity index is 473. The van der Waals surface area contributed by atoms with Gasteiger partial charge in [-0.2, -0.15) is 0 Å². The highest BCUT2D eigenvalue weighted by Gasteiger charge is 2.23. The summed E-state index contributed by atoms with van der Waals surface area (Å²) in [6.45, 7) is 1.72. The van der Waals surface area contributed by atoms with E-state index in [-0.39, 0.29) is 5.91 Å². The van der Waals surface area contributed by atoms with Gasteiger partial charge in [0.05, 0.1) is 6.10 Å². The third kappa shape index (κ3) is 4.11. The minimum atomic E-state index is -0.523. The first-order valence-corrected chi connectivity index (χ1v) is 7.41. The summed E-state index contributed by atoms with van der Waals surface area (Å²) >= 11 is 0. The second-order valence-corrected chi connectivity index (χ2v) is 5.89. The lowest BCUT2D eigenvalue weighted by Crippen LogP contribution is -2.39. The van der Waals surface area contributed by atoms with Crippen LogP contribution in [0.2, 0.25) is 0 Å². The minimum absolute atomic E-state index is 0.159. The Balaban J connectivity index is 1.87. The second-order valence-electron chi connectivity index (χ2n) is 5.89. The number of rotatable bonds is 6. The third-order valence-corrected chi connectivity index (χ3v) is 3.89. The van der Waals surface area contributed by atoms with Crippen LogP contribution in [0.5, 0.6) is 0 Å². The predicted molar refractivity (Wildman–Crippen MR) is 85.9 cm³/mol. The van der Waals surface area contributed by atoms with E-state index >= 15 is 0 Å². The number of carbonyl (C=O) groups is 1. The lowest BCUT2D eigenvalue weighted by Gasteiger charge is -2.26. The van der Waals surface area contributed by atoms with Crippen LogP contribution in [0.3, 0.4) is 0 Å². The summed E-state index contributed by atoms with van der Waals surface area (Å²) in [5.41, 5.74) is 2.21. The molecular formula is C16H25N3O2. The number of carbonyl (C=O) groups excluding carboxylic acids is 1. The molecule has 1 amide bonds. The maximum Gasteiger partial charge on any atom is 0.222 e.